The number of benzene rings is 1. The number of rotatable bonds is 3. The highest BCUT2D eigenvalue weighted by Gasteiger charge is 2.46. The van der Waals surface area contributed by atoms with Gasteiger partial charge in [-0.25, -0.2) is 0 Å². The molecule has 1 saturated carbocycles. The van der Waals surface area contributed by atoms with Crippen LogP contribution in [0.4, 0.5) is 0 Å². The predicted octanol–water partition coefficient (Wildman–Crippen LogP) is 4.72. The molecule has 7 heteroatoms. The molecular weight excluding hydrogens is 445 g/mol. The second kappa shape index (κ2) is 10.6. The molecule has 5 nitrogen and oxygen atoms in total. The highest BCUT2D eigenvalue weighted by Crippen LogP contribution is 2.46. The average Bonchev–Trinajstić information content (AvgIpc) is 2.74. The molecule has 1 N–H and O–H groups in total. The minimum absolute atomic E-state index is 0. The van der Waals surface area contributed by atoms with Crippen LogP contribution in [0.3, 0.4) is 0 Å². The number of aryl methyl sites for hydroxylation is 2. The molecule has 1 saturated heterocycles. The molecule has 2 heterocycles. The van der Waals surface area contributed by atoms with E-state index in [0.29, 0.717) is 18.4 Å². The summed E-state index contributed by atoms with van der Waals surface area (Å²) in [4.78, 5) is 30.9. The fourth-order valence-corrected chi connectivity index (χ4v) is 5.17. The summed E-state index contributed by atoms with van der Waals surface area (Å²) in [5, 5.41) is 12.3. The number of nitrogens with one attached hydrogen (secondary N) is 1. The molecule has 2 aliphatic rings. The summed E-state index contributed by atoms with van der Waals surface area (Å²) in [5.41, 5.74) is 5.01. The molecule has 32 heavy (non-hydrogen) atoms. The maximum absolute atomic E-state index is 13.2. The van der Waals surface area contributed by atoms with Crippen LogP contribution >= 0.6 is 24.8 Å². The first-order valence-electron chi connectivity index (χ1n) is 10.7. The third-order valence-corrected chi connectivity index (χ3v) is 6.74. The number of hydrogen-bond donors (Lipinski definition) is 1. The zero-order valence-corrected chi connectivity index (χ0v) is 20.1. The summed E-state index contributed by atoms with van der Waals surface area (Å²) in [5.74, 6) is -0.478. The number of pyridine rings is 1. The molecule has 0 atom stereocenters. The Labute approximate surface area is 201 Å². The molecule has 2 fully saturated rings. The summed E-state index contributed by atoms with van der Waals surface area (Å²) in [6.45, 7) is 5.81. The number of piperidine rings is 1. The molecular formula is C25H29Cl2N3O2. The van der Waals surface area contributed by atoms with Crippen molar-refractivity contribution in [3.8, 4) is 17.3 Å². The lowest BCUT2D eigenvalue weighted by Crippen LogP contribution is -2.45. The van der Waals surface area contributed by atoms with Crippen molar-refractivity contribution >= 4 is 36.4 Å². The highest BCUT2D eigenvalue weighted by atomic mass is 35.5. The molecule has 1 aliphatic heterocycles. The molecule has 1 aromatic carbocycles. The van der Waals surface area contributed by atoms with Gasteiger partial charge in [-0.1, -0.05) is 6.92 Å². The number of Topliss-reactive ketones (excluding diaryl/α,β-unsaturated/α-hetero) is 2. The lowest BCUT2D eigenvalue weighted by atomic mass is 9.63. The minimum atomic E-state index is -0.636. The van der Waals surface area contributed by atoms with E-state index in [9.17, 15) is 9.59 Å². The molecule has 1 aliphatic carbocycles. The summed E-state index contributed by atoms with van der Waals surface area (Å²) >= 11 is 0. The number of carbonyl (C=O) groups excluding carboxylic acids is 2. The summed E-state index contributed by atoms with van der Waals surface area (Å²) in [6, 6.07) is 9.74. The van der Waals surface area contributed by atoms with Crippen LogP contribution in [0.2, 0.25) is 0 Å². The lowest BCUT2D eigenvalue weighted by molar-refractivity contribution is -0.137. The van der Waals surface area contributed by atoms with E-state index < -0.39 is 5.92 Å². The topological polar surface area (TPSA) is 82.8 Å². The Hall–Kier alpha value is -2.26. The average molecular weight is 474 g/mol. The number of carbonyl (C=O) groups is 2. The first-order chi connectivity index (χ1) is 14.5. The summed E-state index contributed by atoms with van der Waals surface area (Å²) < 4.78 is 0. The van der Waals surface area contributed by atoms with Gasteiger partial charge in [0.1, 0.15) is 23.6 Å². The zero-order valence-electron chi connectivity index (χ0n) is 18.4. The highest BCUT2D eigenvalue weighted by molar-refractivity contribution is 6.10. The van der Waals surface area contributed by atoms with Gasteiger partial charge in [-0.15, -0.1) is 24.8 Å². The van der Waals surface area contributed by atoms with Gasteiger partial charge in [0.05, 0.1) is 11.3 Å². The molecule has 0 amide bonds. The van der Waals surface area contributed by atoms with Gasteiger partial charge in [-0.2, -0.15) is 5.26 Å². The van der Waals surface area contributed by atoms with E-state index in [1.54, 1.807) is 12.3 Å². The fraction of sp³-hybridized carbons (Fsp3) is 0.440. The summed E-state index contributed by atoms with van der Waals surface area (Å²) in [6.07, 6.45) is 5.13. The van der Waals surface area contributed by atoms with Gasteiger partial charge in [0.15, 0.2) is 0 Å². The third-order valence-electron chi connectivity index (χ3n) is 6.74. The van der Waals surface area contributed by atoms with Crippen molar-refractivity contribution in [3.63, 3.8) is 0 Å². The first-order valence-corrected chi connectivity index (χ1v) is 10.7. The first kappa shape index (κ1) is 26.0. The maximum atomic E-state index is 13.2. The number of nitriles is 1. The smallest absolute Gasteiger partial charge is 0.148 e. The van der Waals surface area contributed by atoms with Gasteiger partial charge in [0.25, 0.3) is 0 Å². The van der Waals surface area contributed by atoms with Gasteiger partial charge >= 0.3 is 0 Å². The van der Waals surface area contributed by atoms with Crippen LogP contribution in [0, 0.1) is 23.7 Å². The van der Waals surface area contributed by atoms with E-state index in [-0.39, 0.29) is 41.8 Å². The molecule has 4 rings (SSSR count). The van der Waals surface area contributed by atoms with E-state index >= 15 is 0 Å². The van der Waals surface area contributed by atoms with Gasteiger partial charge in [0.2, 0.25) is 0 Å². The van der Waals surface area contributed by atoms with E-state index in [0.717, 1.165) is 60.3 Å². The molecule has 0 radical (unpaired) electrons. The maximum Gasteiger partial charge on any atom is 0.148 e. The molecule has 1 spiro atoms. The van der Waals surface area contributed by atoms with Crippen LogP contribution in [0.15, 0.2) is 30.5 Å². The number of halogens is 2. The lowest BCUT2D eigenvalue weighted by Gasteiger charge is -2.42. The Balaban J connectivity index is 0.00000181. The van der Waals surface area contributed by atoms with Gasteiger partial charge in [0, 0.05) is 24.6 Å². The van der Waals surface area contributed by atoms with Crippen molar-refractivity contribution in [1.82, 2.24) is 10.3 Å². The number of hydrogen-bond acceptors (Lipinski definition) is 5. The number of nitrogens with zero attached hydrogens (tertiary/aromatic N) is 2. The van der Waals surface area contributed by atoms with Crippen LogP contribution in [0.25, 0.3) is 11.3 Å². The fourth-order valence-electron chi connectivity index (χ4n) is 5.17. The molecule has 0 bridgehead atoms. The van der Waals surface area contributed by atoms with E-state index in [4.69, 9.17) is 5.26 Å². The predicted molar refractivity (Wildman–Crippen MR) is 130 cm³/mol. The molecule has 170 valence electrons. The van der Waals surface area contributed by atoms with Gasteiger partial charge in [-0.05, 0) is 85.6 Å². The standard InChI is InChI=1S/C25H27N3O2.2ClH/c1-3-18-11-19(20-5-4-17(14-26)15-28-20)10-16(2)23(18)24-21(29)12-25(13-22(24)30)6-8-27-9-7-25;;/h4-5,10-11,15,24,27H,3,6-9,12-13H2,1-2H3;2*1H. The third kappa shape index (κ3) is 4.88. The molecule has 1 aromatic heterocycles. The Bertz CT molecular complexity index is 1020. The van der Waals surface area contributed by atoms with Crippen molar-refractivity contribution in [2.75, 3.05) is 13.1 Å². The van der Waals surface area contributed by atoms with Gasteiger partial charge in [-0.3, -0.25) is 14.6 Å². The van der Waals surface area contributed by atoms with Crippen molar-refractivity contribution < 1.29 is 9.59 Å². The van der Waals surface area contributed by atoms with Crippen molar-refractivity contribution in [2.45, 2.75) is 51.9 Å². The molecule has 2 aromatic rings. The van der Waals surface area contributed by atoms with E-state index in [1.807, 2.05) is 25.1 Å². The summed E-state index contributed by atoms with van der Waals surface area (Å²) in [7, 11) is 0. The SMILES string of the molecule is CCc1cc(-c2ccc(C#N)cn2)cc(C)c1C1C(=O)CC2(CCNCC2)CC1=O.Cl.Cl. The zero-order chi connectivity index (χ0) is 21.3. The van der Waals surface area contributed by atoms with Crippen LogP contribution in [-0.2, 0) is 16.0 Å². The second-order valence-corrected chi connectivity index (χ2v) is 8.73. The van der Waals surface area contributed by atoms with Crippen molar-refractivity contribution in [1.29, 1.82) is 5.26 Å². The Morgan fingerprint density at radius 1 is 1.12 bits per heavy atom. The second-order valence-electron chi connectivity index (χ2n) is 8.73. The van der Waals surface area contributed by atoms with Gasteiger partial charge < -0.3 is 5.32 Å². The largest absolute Gasteiger partial charge is 0.317 e. The Kier molecular flexibility index (Phi) is 8.59. The number of aromatic nitrogens is 1. The number of ketones is 2. The van der Waals surface area contributed by atoms with Crippen molar-refractivity contribution in [2.24, 2.45) is 5.41 Å². The van der Waals surface area contributed by atoms with Crippen LogP contribution in [-0.4, -0.2) is 29.6 Å². The normalized spacial score (nSPS) is 17.9. The molecule has 0 unspecified atom stereocenters. The van der Waals surface area contributed by atoms with Crippen LogP contribution in [0.5, 0.6) is 0 Å². The van der Waals surface area contributed by atoms with Crippen molar-refractivity contribution in [3.05, 3.63) is 52.7 Å². The van der Waals surface area contributed by atoms with Crippen LogP contribution < -0.4 is 5.32 Å². The van der Waals surface area contributed by atoms with E-state index in [2.05, 4.69) is 23.3 Å². The van der Waals surface area contributed by atoms with Crippen LogP contribution in [0.1, 0.15) is 60.8 Å². The Morgan fingerprint density at radius 3 is 2.31 bits per heavy atom. The minimum Gasteiger partial charge on any atom is -0.317 e. The monoisotopic (exact) mass is 473 g/mol. The van der Waals surface area contributed by atoms with E-state index in [1.165, 1.54) is 0 Å². The Morgan fingerprint density at radius 2 is 1.78 bits per heavy atom. The quantitative estimate of drug-likeness (QED) is 0.651.